The highest BCUT2D eigenvalue weighted by atomic mass is 16.2. The average molecular weight is 369 g/mol. The van der Waals surface area contributed by atoms with Gasteiger partial charge in [-0.2, -0.15) is 0 Å². The quantitative estimate of drug-likeness (QED) is 0.721. The molecule has 0 radical (unpaired) electrons. The monoisotopic (exact) mass is 369 g/mol. The Morgan fingerprint density at radius 1 is 1.19 bits per heavy atom. The van der Waals surface area contributed by atoms with Crippen LogP contribution in [0, 0.1) is 0 Å². The number of H-pyrrole nitrogens is 1. The molecule has 3 heterocycles. The molecule has 2 aromatic rings. The molecule has 3 rings (SSSR count). The number of carbonyl (C=O) groups is 1. The van der Waals surface area contributed by atoms with Crippen molar-refractivity contribution in [3.05, 3.63) is 53.6 Å². The lowest BCUT2D eigenvalue weighted by Gasteiger charge is -2.25. The zero-order chi connectivity index (χ0) is 19.6. The van der Waals surface area contributed by atoms with E-state index >= 15 is 0 Å². The summed E-state index contributed by atoms with van der Waals surface area (Å²) < 4.78 is 0. The second-order valence-electron chi connectivity index (χ2n) is 6.15. The molecule has 0 unspecified atom stereocenters. The Morgan fingerprint density at radius 3 is 2.56 bits per heavy atom. The van der Waals surface area contributed by atoms with E-state index in [-0.39, 0.29) is 11.5 Å². The molecule has 0 saturated carbocycles. The minimum atomic E-state index is -0.126. The molecular weight excluding hydrogens is 342 g/mol. The summed E-state index contributed by atoms with van der Waals surface area (Å²) in [5, 5.41) is 5.84. The molecule has 0 aromatic carbocycles. The lowest BCUT2D eigenvalue weighted by Crippen LogP contribution is -2.34. The standard InChI is InChI=1S/C12H14N4O.C8H13NO/c1-13-10-5-9(7-16-12(10)17)8-3-4-15-11(6-8)14-2;1-2-8(10)9-6-4-3-5-7-9/h3-7,13H,1-2H3,(H,14,15)(H,16,17);2H,1,3-7H2. The number of hydrogen-bond donors (Lipinski definition) is 3. The molecule has 1 fully saturated rings. The van der Waals surface area contributed by atoms with Gasteiger partial charge in [-0.3, -0.25) is 9.59 Å². The van der Waals surface area contributed by atoms with Crippen LogP contribution in [0.1, 0.15) is 19.3 Å². The molecule has 0 atom stereocenters. The maximum atomic E-state index is 11.4. The van der Waals surface area contributed by atoms with Crippen LogP contribution < -0.4 is 16.2 Å². The minimum absolute atomic E-state index is 0.0831. The molecule has 0 spiro atoms. The fourth-order valence-electron chi connectivity index (χ4n) is 2.83. The topological polar surface area (TPSA) is 90.1 Å². The number of aromatic nitrogens is 2. The first-order valence-corrected chi connectivity index (χ1v) is 9.05. The SMILES string of the molecule is C=CC(=O)N1CCCCC1.CNc1cc(-c2c[nH]c(=O)c(NC)c2)ccn1. The fraction of sp³-hybridized carbons (Fsp3) is 0.350. The molecule has 2 aromatic heterocycles. The van der Waals surface area contributed by atoms with Crippen molar-refractivity contribution in [1.29, 1.82) is 0 Å². The molecule has 1 aliphatic heterocycles. The van der Waals surface area contributed by atoms with Crippen LogP contribution in [0.15, 0.2) is 48.0 Å². The second kappa shape index (κ2) is 10.2. The van der Waals surface area contributed by atoms with Crippen LogP contribution in [0.3, 0.4) is 0 Å². The number of anilines is 2. The Morgan fingerprint density at radius 2 is 1.93 bits per heavy atom. The van der Waals surface area contributed by atoms with E-state index in [1.54, 1.807) is 19.4 Å². The summed E-state index contributed by atoms with van der Waals surface area (Å²) in [6.07, 6.45) is 8.38. The van der Waals surface area contributed by atoms with Gasteiger partial charge in [-0.05, 0) is 49.1 Å². The van der Waals surface area contributed by atoms with Gasteiger partial charge in [-0.25, -0.2) is 4.98 Å². The number of carbonyl (C=O) groups excluding carboxylic acids is 1. The summed E-state index contributed by atoms with van der Waals surface area (Å²) in [5.41, 5.74) is 2.36. The summed E-state index contributed by atoms with van der Waals surface area (Å²) in [4.78, 5) is 31.1. The largest absolute Gasteiger partial charge is 0.384 e. The van der Waals surface area contributed by atoms with Gasteiger partial charge in [0.1, 0.15) is 11.5 Å². The zero-order valence-electron chi connectivity index (χ0n) is 15.9. The van der Waals surface area contributed by atoms with E-state index in [9.17, 15) is 9.59 Å². The summed E-state index contributed by atoms with van der Waals surface area (Å²) >= 11 is 0. The molecule has 0 bridgehead atoms. The van der Waals surface area contributed by atoms with Crippen molar-refractivity contribution in [2.75, 3.05) is 37.8 Å². The van der Waals surface area contributed by atoms with E-state index in [4.69, 9.17) is 0 Å². The number of aromatic amines is 1. The Bertz CT molecular complexity index is 825. The molecule has 7 nitrogen and oxygen atoms in total. The molecule has 1 saturated heterocycles. The summed E-state index contributed by atoms with van der Waals surface area (Å²) in [6.45, 7) is 5.29. The van der Waals surface area contributed by atoms with Crippen molar-refractivity contribution in [1.82, 2.24) is 14.9 Å². The first-order chi connectivity index (χ1) is 13.1. The lowest BCUT2D eigenvalue weighted by molar-refractivity contribution is -0.126. The predicted octanol–water partition coefficient (Wildman–Crippen LogP) is 2.71. The minimum Gasteiger partial charge on any atom is -0.384 e. The third kappa shape index (κ3) is 5.70. The predicted molar refractivity (Wildman–Crippen MR) is 110 cm³/mol. The molecule has 0 aliphatic carbocycles. The molecule has 1 aliphatic rings. The van der Waals surface area contributed by atoms with Crippen molar-refractivity contribution in [3.63, 3.8) is 0 Å². The van der Waals surface area contributed by atoms with Crippen LogP contribution in [0.25, 0.3) is 11.1 Å². The van der Waals surface area contributed by atoms with E-state index in [2.05, 4.69) is 27.2 Å². The van der Waals surface area contributed by atoms with Crippen LogP contribution in [-0.2, 0) is 4.79 Å². The summed E-state index contributed by atoms with van der Waals surface area (Å²) in [7, 11) is 3.54. The first-order valence-electron chi connectivity index (χ1n) is 9.05. The van der Waals surface area contributed by atoms with Gasteiger partial charge in [0, 0.05) is 45.1 Å². The van der Waals surface area contributed by atoms with Gasteiger partial charge < -0.3 is 20.5 Å². The number of likely N-dealkylation sites (tertiary alicyclic amines) is 1. The molecular formula is C20H27N5O2. The number of nitrogens with one attached hydrogen (secondary N) is 3. The molecule has 7 heteroatoms. The number of nitrogens with zero attached hydrogens (tertiary/aromatic N) is 2. The van der Waals surface area contributed by atoms with Gasteiger partial charge in [-0.15, -0.1) is 0 Å². The van der Waals surface area contributed by atoms with Crippen molar-refractivity contribution < 1.29 is 4.79 Å². The van der Waals surface area contributed by atoms with Crippen LogP contribution >= 0.6 is 0 Å². The Balaban J connectivity index is 0.000000223. The number of hydrogen-bond acceptors (Lipinski definition) is 5. The van der Waals surface area contributed by atoms with Crippen LogP contribution in [-0.4, -0.2) is 48.0 Å². The van der Waals surface area contributed by atoms with Gasteiger partial charge in [0.15, 0.2) is 0 Å². The van der Waals surface area contributed by atoms with E-state index in [0.29, 0.717) is 5.69 Å². The molecule has 1 amide bonds. The maximum Gasteiger partial charge on any atom is 0.271 e. The van der Waals surface area contributed by atoms with Gasteiger partial charge in [-0.1, -0.05) is 6.58 Å². The van der Waals surface area contributed by atoms with Crippen molar-refractivity contribution in [2.24, 2.45) is 0 Å². The van der Waals surface area contributed by atoms with Gasteiger partial charge in [0.05, 0.1) is 0 Å². The van der Waals surface area contributed by atoms with Gasteiger partial charge in [0.2, 0.25) is 5.91 Å². The highest BCUT2D eigenvalue weighted by molar-refractivity contribution is 5.87. The van der Waals surface area contributed by atoms with E-state index in [0.717, 1.165) is 42.9 Å². The van der Waals surface area contributed by atoms with Crippen molar-refractivity contribution in [3.8, 4) is 11.1 Å². The van der Waals surface area contributed by atoms with Crippen molar-refractivity contribution in [2.45, 2.75) is 19.3 Å². The summed E-state index contributed by atoms with van der Waals surface area (Å²) in [6, 6.07) is 5.63. The van der Waals surface area contributed by atoms with Crippen molar-refractivity contribution >= 4 is 17.4 Å². The first kappa shape index (κ1) is 20.2. The van der Waals surface area contributed by atoms with E-state index in [1.165, 1.54) is 12.5 Å². The van der Waals surface area contributed by atoms with Crippen LogP contribution in [0.4, 0.5) is 11.5 Å². The number of amides is 1. The Kier molecular flexibility index (Phi) is 7.61. The highest BCUT2D eigenvalue weighted by Gasteiger charge is 2.12. The third-order valence-corrected chi connectivity index (χ3v) is 4.36. The maximum absolute atomic E-state index is 11.4. The van der Waals surface area contributed by atoms with E-state index < -0.39 is 0 Å². The highest BCUT2D eigenvalue weighted by Crippen LogP contribution is 2.21. The van der Waals surface area contributed by atoms with Crippen LogP contribution in [0.2, 0.25) is 0 Å². The number of rotatable bonds is 4. The van der Waals surface area contributed by atoms with Gasteiger partial charge >= 0.3 is 0 Å². The Hall–Kier alpha value is -3.09. The Labute approximate surface area is 159 Å². The normalized spacial score (nSPS) is 13.2. The summed E-state index contributed by atoms with van der Waals surface area (Å²) in [5.74, 6) is 0.874. The number of piperidine rings is 1. The van der Waals surface area contributed by atoms with E-state index in [1.807, 2.05) is 30.1 Å². The second-order valence-corrected chi connectivity index (χ2v) is 6.15. The molecule has 27 heavy (non-hydrogen) atoms. The average Bonchev–Trinajstić information content (AvgIpc) is 2.74. The lowest BCUT2D eigenvalue weighted by atomic mass is 10.1. The van der Waals surface area contributed by atoms with Gasteiger partial charge in [0.25, 0.3) is 5.56 Å². The molecule has 3 N–H and O–H groups in total. The molecule has 144 valence electrons. The third-order valence-electron chi connectivity index (χ3n) is 4.36. The smallest absolute Gasteiger partial charge is 0.271 e. The number of pyridine rings is 2. The zero-order valence-corrected chi connectivity index (χ0v) is 15.9. The fourth-order valence-corrected chi connectivity index (χ4v) is 2.83. The van der Waals surface area contributed by atoms with Crippen LogP contribution in [0.5, 0.6) is 0 Å².